The van der Waals surface area contributed by atoms with E-state index < -0.39 is 0 Å². The van der Waals surface area contributed by atoms with Gasteiger partial charge >= 0.3 is 6.03 Å². The molecule has 1 saturated heterocycles. The van der Waals surface area contributed by atoms with Crippen LogP contribution in [0.1, 0.15) is 0 Å². The number of nitrogens with zero attached hydrogens (tertiary/aromatic N) is 4. The molecule has 7 heteroatoms. The van der Waals surface area contributed by atoms with Crippen molar-refractivity contribution in [2.45, 2.75) is 0 Å². The summed E-state index contributed by atoms with van der Waals surface area (Å²) in [4.78, 5) is 22.2. The predicted molar refractivity (Wildman–Crippen MR) is 110 cm³/mol. The Kier molecular flexibility index (Phi) is 5.43. The topological polar surface area (TPSA) is 62.6 Å². The SMILES string of the molecule is CN1CCN(c2nc3ccccc3n2C(=O)NCCOc2ccccc2)CC1. The highest BCUT2D eigenvalue weighted by molar-refractivity contribution is 5.93. The molecule has 3 aromatic rings. The summed E-state index contributed by atoms with van der Waals surface area (Å²) >= 11 is 0. The van der Waals surface area contributed by atoms with E-state index >= 15 is 0 Å². The van der Waals surface area contributed by atoms with Crippen LogP contribution in [-0.4, -0.2) is 66.9 Å². The fraction of sp³-hybridized carbons (Fsp3) is 0.333. The van der Waals surface area contributed by atoms with Crippen LogP contribution in [0.2, 0.25) is 0 Å². The number of imidazole rings is 1. The van der Waals surface area contributed by atoms with E-state index in [1.165, 1.54) is 0 Å². The molecule has 0 bridgehead atoms. The first-order chi connectivity index (χ1) is 13.7. The van der Waals surface area contributed by atoms with E-state index in [2.05, 4.69) is 22.2 Å². The number of carbonyl (C=O) groups is 1. The molecule has 1 aromatic heterocycles. The molecule has 7 nitrogen and oxygen atoms in total. The summed E-state index contributed by atoms with van der Waals surface area (Å²) in [5, 5.41) is 2.96. The number of hydrogen-bond acceptors (Lipinski definition) is 5. The highest BCUT2D eigenvalue weighted by Crippen LogP contribution is 2.23. The minimum absolute atomic E-state index is 0.181. The van der Waals surface area contributed by atoms with E-state index in [4.69, 9.17) is 9.72 Å². The molecule has 0 saturated carbocycles. The summed E-state index contributed by atoms with van der Waals surface area (Å²) in [7, 11) is 2.11. The normalized spacial score (nSPS) is 15.0. The lowest BCUT2D eigenvalue weighted by Crippen LogP contribution is -2.46. The van der Waals surface area contributed by atoms with Gasteiger partial charge in [-0.15, -0.1) is 0 Å². The fourth-order valence-corrected chi connectivity index (χ4v) is 3.35. The summed E-state index contributed by atoms with van der Waals surface area (Å²) in [5.74, 6) is 1.50. The summed E-state index contributed by atoms with van der Waals surface area (Å²) in [6, 6.07) is 17.2. The second-order valence-corrected chi connectivity index (χ2v) is 6.92. The van der Waals surface area contributed by atoms with Crippen molar-refractivity contribution in [1.82, 2.24) is 19.8 Å². The van der Waals surface area contributed by atoms with Crippen molar-refractivity contribution in [2.24, 2.45) is 0 Å². The van der Waals surface area contributed by atoms with Crippen LogP contribution < -0.4 is 15.0 Å². The van der Waals surface area contributed by atoms with Crippen molar-refractivity contribution < 1.29 is 9.53 Å². The molecule has 146 valence electrons. The molecule has 1 aliphatic rings. The number of fused-ring (bicyclic) bond motifs is 1. The quantitative estimate of drug-likeness (QED) is 0.690. The molecule has 2 heterocycles. The van der Waals surface area contributed by atoms with Crippen LogP contribution in [0.15, 0.2) is 54.6 Å². The van der Waals surface area contributed by atoms with Crippen LogP contribution in [0, 0.1) is 0 Å². The van der Waals surface area contributed by atoms with Crippen LogP contribution in [0.4, 0.5) is 10.7 Å². The molecule has 0 atom stereocenters. The molecule has 0 radical (unpaired) electrons. The van der Waals surface area contributed by atoms with Gasteiger partial charge in [0.25, 0.3) is 0 Å². The molecule has 1 amide bonds. The average molecular weight is 379 g/mol. The van der Waals surface area contributed by atoms with E-state index in [9.17, 15) is 4.79 Å². The number of nitrogens with one attached hydrogen (secondary N) is 1. The van der Waals surface area contributed by atoms with Gasteiger partial charge in [-0.3, -0.25) is 0 Å². The van der Waals surface area contributed by atoms with E-state index in [0.29, 0.717) is 19.1 Å². The van der Waals surface area contributed by atoms with Crippen molar-refractivity contribution in [2.75, 3.05) is 51.3 Å². The fourth-order valence-electron chi connectivity index (χ4n) is 3.35. The number of likely N-dealkylation sites (N-methyl/N-ethyl adjacent to an activating group) is 1. The zero-order valence-corrected chi connectivity index (χ0v) is 16.0. The summed E-state index contributed by atoms with van der Waals surface area (Å²) in [5.41, 5.74) is 1.64. The van der Waals surface area contributed by atoms with Crippen molar-refractivity contribution in [3.05, 3.63) is 54.6 Å². The van der Waals surface area contributed by atoms with Crippen LogP contribution in [-0.2, 0) is 0 Å². The van der Waals surface area contributed by atoms with Gasteiger partial charge < -0.3 is 19.9 Å². The smallest absolute Gasteiger partial charge is 0.329 e. The maximum absolute atomic E-state index is 13.0. The standard InChI is InChI=1S/C21H25N5O2/c1-24-12-14-25(15-13-24)20-23-18-9-5-6-10-19(18)26(20)21(27)22-11-16-28-17-7-3-2-4-8-17/h2-10H,11-16H2,1H3,(H,22,27). The van der Waals surface area contributed by atoms with Gasteiger partial charge in [0.05, 0.1) is 17.6 Å². The first-order valence-corrected chi connectivity index (χ1v) is 9.59. The van der Waals surface area contributed by atoms with Gasteiger partial charge in [0, 0.05) is 26.2 Å². The maximum Gasteiger partial charge on any atom is 0.329 e. The third-order valence-corrected chi connectivity index (χ3v) is 4.92. The zero-order chi connectivity index (χ0) is 19.3. The number of rotatable bonds is 5. The Morgan fingerprint density at radius 1 is 1.04 bits per heavy atom. The van der Waals surface area contributed by atoms with Crippen LogP contribution in [0.5, 0.6) is 5.75 Å². The molecule has 28 heavy (non-hydrogen) atoms. The molecule has 1 aliphatic heterocycles. The molecular weight excluding hydrogens is 354 g/mol. The largest absolute Gasteiger partial charge is 0.492 e. The number of anilines is 1. The molecule has 1 fully saturated rings. The Labute approximate surface area is 164 Å². The van der Waals surface area contributed by atoms with Gasteiger partial charge in [-0.05, 0) is 31.3 Å². The van der Waals surface area contributed by atoms with Crippen LogP contribution in [0.25, 0.3) is 11.0 Å². The molecule has 1 N–H and O–H groups in total. The van der Waals surface area contributed by atoms with Gasteiger partial charge in [0.2, 0.25) is 5.95 Å². The predicted octanol–water partition coefficient (Wildman–Crippen LogP) is 2.42. The van der Waals surface area contributed by atoms with Crippen molar-refractivity contribution in [3.63, 3.8) is 0 Å². The molecule has 4 rings (SSSR count). The van der Waals surface area contributed by atoms with Crippen molar-refractivity contribution in [3.8, 4) is 5.75 Å². The Morgan fingerprint density at radius 2 is 1.75 bits per heavy atom. The zero-order valence-electron chi connectivity index (χ0n) is 16.0. The number of benzene rings is 2. The number of para-hydroxylation sites is 3. The van der Waals surface area contributed by atoms with Gasteiger partial charge in [0.1, 0.15) is 12.4 Å². The van der Waals surface area contributed by atoms with Gasteiger partial charge in [0.15, 0.2) is 0 Å². The Balaban J connectivity index is 1.48. The van der Waals surface area contributed by atoms with Crippen molar-refractivity contribution >= 4 is 23.0 Å². The molecule has 0 spiro atoms. The lowest BCUT2D eigenvalue weighted by molar-refractivity contribution is 0.238. The number of hydrogen-bond donors (Lipinski definition) is 1. The Hall–Kier alpha value is -3.06. The number of amides is 1. The maximum atomic E-state index is 13.0. The van der Waals surface area contributed by atoms with E-state index in [1.54, 1.807) is 4.57 Å². The molecule has 0 unspecified atom stereocenters. The number of ether oxygens (including phenoxy) is 1. The monoisotopic (exact) mass is 379 g/mol. The van der Waals surface area contributed by atoms with Gasteiger partial charge in [-0.1, -0.05) is 30.3 Å². The van der Waals surface area contributed by atoms with E-state index in [0.717, 1.165) is 43.0 Å². The Bertz CT molecular complexity index is 932. The molecular formula is C21H25N5O2. The van der Waals surface area contributed by atoms with E-state index in [-0.39, 0.29) is 6.03 Å². The first kappa shape index (κ1) is 18.3. The summed E-state index contributed by atoms with van der Waals surface area (Å²) in [6.07, 6.45) is 0. The third kappa shape index (κ3) is 3.94. The lowest BCUT2D eigenvalue weighted by atomic mass is 10.3. The summed E-state index contributed by atoms with van der Waals surface area (Å²) < 4.78 is 7.35. The highest BCUT2D eigenvalue weighted by atomic mass is 16.5. The van der Waals surface area contributed by atoms with Gasteiger partial charge in [-0.2, -0.15) is 0 Å². The minimum atomic E-state index is -0.181. The van der Waals surface area contributed by atoms with E-state index in [1.807, 2.05) is 54.6 Å². The number of piperazine rings is 1. The third-order valence-electron chi connectivity index (χ3n) is 4.92. The first-order valence-electron chi connectivity index (χ1n) is 9.59. The highest BCUT2D eigenvalue weighted by Gasteiger charge is 2.23. The van der Waals surface area contributed by atoms with Crippen LogP contribution >= 0.6 is 0 Å². The Morgan fingerprint density at radius 3 is 2.54 bits per heavy atom. The second-order valence-electron chi connectivity index (χ2n) is 6.92. The number of aromatic nitrogens is 2. The van der Waals surface area contributed by atoms with Crippen molar-refractivity contribution in [1.29, 1.82) is 0 Å². The lowest BCUT2D eigenvalue weighted by Gasteiger charge is -2.33. The number of carbonyl (C=O) groups excluding carboxylic acids is 1. The minimum Gasteiger partial charge on any atom is -0.492 e. The average Bonchev–Trinajstić information content (AvgIpc) is 3.12. The van der Waals surface area contributed by atoms with Gasteiger partial charge in [-0.25, -0.2) is 14.3 Å². The molecule has 2 aromatic carbocycles. The second kappa shape index (κ2) is 8.31. The molecule has 0 aliphatic carbocycles. The van der Waals surface area contributed by atoms with Crippen LogP contribution in [0.3, 0.4) is 0 Å². The summed E-state index contributed by atoms with van der Waals surface area (Å²) in [6.45, 7) is 4.44.